The van der Waals surface area contributed by atoms with Crippen molar-refractivity contribution in [3.63, 3.8) is 0 Å². The van der Waals surface area contributed by atoms with Gasteiger partial charge in [0, 0.05) is 25.7 Å². The van der Waals surface area contributed by atoms with E-state index in [9.17, 15) is 43.2 Å². The fourth-order valence-corrected chi connectivity index (χ4v) is 12.1. The third kappa shape index (κ3) is 69.2. The predicted octanol–water partition coefficient (Wildman–Crippen LogP) is 21.9. The van der Waals surface area contributed by atoms with Crippen LogP contribution in [0.15, 0.2) is 60.8 Å². The number of unbranched alkanes of at least 4 members (excludes halogenated alkanes) is 37. The van der Waals surface area contributed by atoms with Gasteiger partial charge >= 0.3 is 39.5 Å². The quantitative estimate of drug-likeness (QED) is 0.0169. The Labute approximate surface area is 584 Å². The molecule has 0 spiro atoms. The van der Waals surface area contributed by atoms with Crippen LogP contribution in [0.1, 0.15) is 349 Å². The molecule has 17 nitrogen and oxygen atoms in total. The molecule has 0 aromatic carbocycles. The Morgan fingerprint density at radius 1 is 0.292 bits per heavy atom. The van der Waals surface area contributed by atoms with Crippen LogP contribution in [0.5, 0.6) is 0 Å². The van der Waals surface area contributed by atoms with Gasteiger partial charge in [0.25, 0.3) is 0 Å². The molecule has 0 aliphatic rings. The third-order valence-electron chi connectivity index (χ3n) is 16.5. The maximum absolute atomic E-state index is 13.1. The molecule has 0 saturated carbocycles. The molecule has 0 fully saturated rings. The molecule has 3 N–H and O–H groups in total. The number of carbonyl (C=O) groups excluding carboxylic acids is 4. The highest BCUT2D eigenvalue weighted by Gasteiger charge is 2.30. The highest BCUT2D eigenvalue weighted by atomic mass is 31.2. The van der Waals surface area contributed by atoms with E-state index in [-0.39, 0.29) is 25.7 Å². The molecule has 0 bridgehead atoms. The number of aliphatic hydroxyl groups is 1. The lowest BCUT2D eigenvalue weighted by molar-refractivity contribution is -0.161. The minimum atomic E-state index is -4.97. The van der Waals surface area contributed by atoms with Gasteiger partial charge in [0.1, 0.15) is 19.3 Å². The van der Waals surface area contributed by atoms with Crippen molar-refractivity contribution in [2.24, 2.45) is 0 Å². The Hall–Kier alpha value is -3.24. The lowest BCUT2D eigenvalue weighted by Gasteiger charge is -2.21. The summed E-state index contributed by atoms with van der Waals surface area (Å²) in [4.78, 5) is 72.7. The van der Waals surface area contributed by atoms with Crippen LogP contribution in [-0.2, 0) is 65.4 Å². The van der Waals surface area contributed by atoms with Gasteiger partial charge in [-0.25, -0.2) is 9.13 Å². The first-order valence-corrected chi connectivity index (χ1v) is 41.5. The van der Waals surface area contributed by atoms with E-state index in [1.54, 1.807) is 0 Å². The van der Waals surface area contributed by atoms with E-state index >= 15 is 0 Å². The summed E-state index contributed by atoms with van der Waals surface area (Å²) in [6, 6.07) is 0. The van der Waals surface area contributed by atoms with Crippen molar-refractivity contribution in [3.8, 4) is 0 Å². The molecule has 0 heterocycles. The largest absolute Gasteiger partial charge is 0.472 e. The zero-order valence-electron chi connectivity index (χ0n) is 61.1. The second-order valence-corrected chi connectivity index (χ2v) is 28.9. The number of phosphoric acid groups is 2. The number of hydrogen-bond donors (Lipinski definition) is 3. The lowest BCUT2D eigenvalue weighted by Crippen LogP contribution is -2.30. The van der Waals surface area contributed by atoms with E-state index in [0.717, 1.165) is 161 Å². The average molecular weight is 1400 g/mol. The van der Waals surface area contributed by atoms with Crippen molar-refractivity contribution in [1.82, 2.24) is 0 Å². The first-order chi connectivity index (χ1) is 46.7. The Morgan fingerprint density at radius 2 is 0.521 bits per heavy atom. The average Bonchev–Trinajstić information content (AvgIpc) is 1.13. The number of phosphoric ester groups is 2. The Morgan fingerprint density at radius 3 is 0.844 bits per heavy atom. The van der Waals surface area contributed by atoms with Gasteiger partial charge in [-0.1, -0.05) is 275 Å². The number of esters is 4. The minimum absolute atomic E-state index is 0.0846. The molecule has 0 rings (SSSR count). The number of rotatable bonds is 73. The number of allylic oxidation sites excluding steroid dienone is 10. The van der Waals surface area contributed by atoms with Crippen LogP contribution in [0.4, 0.5) is 0 Å². The van der Waals surface area contributed by atoms with Crippen molar-refractivity contribution in [1.29, 1.82) is 0 Å². The molecule has 0 amide bonds. The summed E-state index contributed by atoms with van der Waals surface area (Å²) < 4.78 is 68.4. The SMILES string of the molecule is CCCC/C=C\CCCCCCCC(=O)OC(COC(=O)CCCCCCCC/C=C\C/C=C\C/C=C\CCCCC)COP(=O)(O)OCC(O)COP(=O)(O)OCC(COC(=O)CCCCCCC/C=C\CCCCCCCC)OC(=O)CCCCCCCCCCCCC. The van der Waals surface area contributed by atoms with Crippen molar-refractivity contribution >= 4 is 39.5 Å². The topological polar surface area (TPSA) is 237 Å². The second-order valence-electron chi connectivity index (χ2n) is 25.9. The molecule has 0 aliphatic carbocycles. The maximum atomic E-state index is 13.1. The molecule has 0 radical (unpaired) electrons. The number of ether oxygens (including phenoxy) is 4. The van der Waals surface area contributed by atoms with E-state index in [0.29, 0.717) is 25.7 Å². The smallest absolute Gasteiger partial charge is 0.462 e. The van der Waals surface area contributed by atoms with Crippen LogP contribution < -0.4 is 0 Å². The minimum Gasteiger partial charge on any atom is -0.462 e. The second kappa shape index (κ2) is 70.2. The van der Waals surface area contributed by atoms with E-state index in [1.807, 2.05) is 0 Å². The summed E-state index contributed by atoms with van der Waals surface area (Å²) in [7, 11) is -9.93. The molecule has 0 saturated heterocycles. The van der Waals surface area contributed by atoms with Gasteiger partial charge < -0.3 is 33.8 Å². The predicted molar refractivity (Wildman–Crippen MR) is 390 cm³/mol. The normalized spacial score (nSPS) is 14.3. The monoisotopic (exact) mass is 1400 g/mol. The molecular formula is C77H140O17P2. The molecule has 0 aromatic rings. The first-order valence-electron chi connectivity index (χ1n) is 38.5. The highest BCUT2D eigenvalue weighted by Crippen LogP contribution is 2.45. The van der Waals surface area contributed by atoms with Crippen molar-refractivity contribution in [2.45, 2.75) is 367 Å². The van der Waals surface area contributed by atoms with Gasteiger partial charge in [-0.2, -0.15) is 0 Å². The zero-order chi connectivity index (χ0) is 70.4. The van der Waals surface area contributed by atoms with Crippen molar-refractivity contribution in [2.75, 3.05) is 39.6 Å². The molecular weight excluding hydrogens is 1260 g/mol. The molecule has 5 unspecified atom stereocenters. The fourth-order valence-electron chi connectivity index (χ4n) is 10.5. The molecule has 0 aromatic heterocycles. The Balaban J connectivity index is 5.26. The van der Waals surface area contributed by atoms with Crippen molar-refractivity contribution < 1.29 is 80.2 Å². The summed E-state index contributed by atoms with van der Waals surface area (Å²) in [5.74, 6) is -2.18. The summed E-state index contributed by atoms with van der Waals surface area (Å²) in [5.41, 5.74) is 0. The van der Waals surface area contributed by atoms with E-state index in [1.165, 1.54) is 109 Å². The summed E-state index contributed by atoms with van der Waals surface area (Å²) >= 11 is 0. The third-order valence-corrected chi connectivity index (χ3v) is 18.4. The van der Waals surface area contributed by atoms with Crippen LogP contribution in [0.25, 0.3) is 0 Å². The van der Waals surface area contributed by atoms with Crippen LogP contribution in [0, 0.1) is 0 Å². The maximum Gasteiger partial charge on any atom is 0.472 e. The molecule has 96 heavy (non-hydrogen) atoms. The number of carbonyl (C=O) groups is 4. The standard InChI is InChI=1S/C77H140O17P2/c1-5-9-13-17-21-25-29-31-33-34-35-36-38-40-44-46-50-54-58-62-75(80)88-68-73(94-77(82)64-60-56-52-48-42-28-24-20-16-12-8-4)70-92-96(85,86)90-66-71(78)65-89-95(83,84)91-69-72(93-76(81)63-59-55-51-47-41-27-23-19-15-11-7-3)67-87-74(79)61-57-53-49-45-43-39-37-32-30-26-22-18-14-10-6-2/h20-21,24-25,31-33,35-37,71-73,78H,5-19,22-23,26-30,34,38-70H2,1-4H3,(H,83,84)(H,85,86)/b24-20-,25-21-,33-31-,36-35-,37-32-. The summed E-state index contributed by atoms with van der Waals surface area (Å²) in [6.45, 7) is 4.81. The van der Waals surface area contributed by atoms with Crippen LogP contribution >= 0.6 is 15.6 Å². The van der Waals surface area contributed by atoms with Gasteiger partial charge in [0.15, 0.2) is 12.2 Å². The lowest BCUT2D eigenvalue weighted by atomic mass is 10.1. The molecule has 0 aliphatic heterocycles. The zero-order valence-corrected chi connectivity index (χ0v) is 62.8. The molecule has 19 heteroatoms. The van der Waals surface area contributed by atoms with Crippen LogP contribution in [0.2, 0.25) is 0 Å². The van der Waals surface area contributed by atoms with Gasteiger partial charge in [-0.3, -0.25) is 37.3 Å². The van der Waals surface area contributed by atoms with E-state index in [4.69, 9.17) is 37.0 Å². The van der Waals surface area contributed by atoms with Gasteiger partial charge in [-0.15, -0.1) is 0 Å². The number of aliphatic hydroxyl groups excluding tert-OH is 1. The Bertz CT molecular complexity index is 2060. The first kappa shape index (κ1) is 92.8. The van der Waals surface area contributed by atoms with Crippen molar-refractivity contribution in [3.05, 3.63) is 60.8 Å². The van der Waals surface area contributed by atoms with Gasteiger partial charge in [0.05, 0.1) is 26.4 Å². The number of hydrogen-bond acceptors (Lipinski definition) is 15. The Kier molecular flexibility index (Phi) is 67.8. The highest BCUT2D eigenvalue weighted by molar-refractivity contribution is 7.47. The van der Waals surface area contributed by atoms with E-state index in [2.05, 4.69) is 88.5 Å². The molecule has 5 atom stereocenters. The van der Waals surface area contributed by atoms with Crippen LogP contribution in [-0.4, -0.2) is 96.7 Å². The molecule has 560 valence electrons. The van der Waals surface area contributed by atoms with Gasteiger partial charge in [-0.05, 0) is 109 Å². The van der Waals surface area contributed by atoms with Gasteiger partial charge in [0.2, 0.25) is 0 Å². The summed E-state index contributed by atoms with van der Waals surface area (Å²) in [6.07, 6.45) is 67.9. The fraction of sp³-hybridized carbons (Fsp3) is 0.818. The van der Waals surface area contributed by atoms with Crippen LogP contribution in [0.3, 0.4) is 0 Å². The van der Waals surface area contributed by atoms with E-state index < -0.39 is 97.5 Å². The summed E-state index contributed by atoms with van der Waals surface area (Å²) in [5, 5.41) is 10.6.